The first kappa shape index (κ1) is 18.9. The van der Waals surface area contributed by atoms with Crippen LogP contribution in [0.15, 0.2) is 0 Å². The number of carbonyl (C=O) groups excluding carboxylic acids is 2. The van der Waals surface area contributed by atoms with Gasteiger partial charge in [0, 0.05) is 32.1 Å². The van der Waals surface area contributed by atoms with E-state index in [1.807, 2.05) is 4.90 Å². The lowest BCUT2D eigenvalue weighted by molar-refractivity contribution is -0.164. The Bertz CT molecular complexity index is 462. The molecule has 0 aromatic carbocycles. The SMILES string of the molecule is CCC(C)C(NC(=O)N1CCC(N2CCCC2=O)CC1)C(F)(F)F. The van der Waals surface area contributed by atoms with Crippen LogP contribution >= 0.6 is 0 Å². The minimum Gasteiger partial charge on any atom is -0.340 e. The van der Waals surface area contributed by atoms with E-state index in [0.717, 1.165) is 13.0 Å². The molecule has 8 heteroatoms. The molecule has 2 fully saturated rings. The summed E-state index contributed by atoms with van der Waals surface area (Å²) in [5.74, 6) is -0.527. The monoisotopic (exact) mass is 349 g/mol. The first-order valence-corrected chi connectivity index (χ1v) is 8.65. The van der Waals surface area contributed by atoms with Gasteiger partial charge in [-0.1, -0.05) is 20.3 Å². The van der Waals surface area contributed by atoms with E-state index in [1.165, 1.54) is 11.8 Å². The van der Waals surface area contributed by atoms with Gasteiger partial charge >= 0.3 is 12.2 Å². The highest BCUT2D eigenvalue weighted by molar-refractivity contribution is 5.78. The molecule has 2 unspecified atom stereocenters. The maximum absolute atomic E-state index is 13.1. The Morgan fingerprint density at radius 2 is 1.92 bits per heavy atom. The Balaban J connectivity index is 1.88. The first-order chi connectivity index (χ1) is 11.2. The summed E-state index contributed by atoms with van der Waals surface area (Å²) in [6, 6.07) is -2.38. The summed E-state index contributed by atoms with van der Waals surface area (Å²) in [4.78, 5) is 27.2. The van der Waals surface area contributed by atoms with Crippen LogP contribution in [0.4, 0.5) is 18.0 Å². The second-order valence-corrected chi connectivity index (χ2v) is 6.76. The van der Waals surface area contributed by atoms with Crippen molar-refractivity contribution in [2.45, 2.75) is 64.2 Å². The molecule has 0 saturated carbocycles. The second-order valence-electron chi connectivity index (χ2n) is 6.76. The third-order valence-electron chi connectivity index (χ3n) is 5.15. The summed E-state index contributed by atoms with van der Waals surface area (Å²) in [7, 11) is 0. The van der Waals surface area contributed by atoms with Crippen molar-refractivity contribution in [2.75, 3.05) is 19.6 Å². The van der Waals surface area contributed by atoms with Gasteiger partial charge in [0.2, 0.25) is 5.91 Å². The van der Waals surface area contributed by atoms with Crippen LogP contribution in [0, 0.1) is 5.92 Å². The van der Waals surface area contributed by atoms with E-state index in [4.69, 9.17) is 0 Å². The largest absolute Gasteiger partial charge is 0.408 e. The van der Waals surface area contributed by atoms with Gasteiger partial charge < -0.3 is 15.1 Å². The van der Waals surface area contributed by atoms with E-state index in [-0.39, 0.29) is 11.9 Å². The number of rotatable bonds is 4. The van der Waals surface area contributed by atoms with Crippen molar-refractivity contribution in [1.29, 1.82) is 0 Å². The van der Waals surface area contributed by atoms with Crippen molar-refractivity contribution in [3.05, 3.63) is 0 Å². The van der Waals surface area contributed by atoms with Crippen LogP contribution in [-0.4, -0.2) is 59.6 Å². The van der Waals surface area contributed by atoms with Crippen molar-refractivity contribution in [3.8, 4) is 0 Å². The van der Waals surface area contributed by atoms with E-state index in [0.29, 0.717) is 38.8 Å². The molecule has 2 atom stereocenters. The number of alkyl halides is 3. The molecule has 24 heavy (non-hydrogen) atoms. The van der Waals surface area contributed by atoms with Crippen molar-refractivity contribution in [2.24, 2.45) is 5.92 Å². The van der Waals surface area contributed by atoms with Gasteiger partial charge in [-0.2, -0.15) is 13.2 Å². The lowest BCUT2D eigenvalue weighted by Crippen LogP contribution is -2.56. The fourth-order valence-corrected chi connectivity index (χ4v) is 3.44. The summed E-state index contributed by atoms with van der Waals surface area (Å²) in [6.45, 7) is 4.67. The fourth-order valence-electron chi connectivity index (χ4n) is 3.44. The Labute approximate surface area is 140 Å². The molecule has 5 nitrogen and oxygen atoms in total. The van der Waals surface area contributed by atoms with Gasteiger partial charge in [0.15, 0.2) is 0 Å². The van der Waals surface area contributed by atoms with E-state index < -0.39 is 24.2 Å². The first-order valence-electron chi connectivity index (χ1n) is 8.65. The van der Waals surface area contributed by atoms with Crippen LogP contribution in [0.25, 0.3) is 0 Å². The van der Waals surface area contributed by atoms with Crippen molar-refractivity contribution in [3.63, 3.8) is 0 Å². The molecule has 2 aliphatic rings. The second kappa shape index (κ2) is 7.61. The van der Waals surface area contributed by atoms with Crippen LogP contribution in [0.3, 0.4) is 0 Å². The number of hydrogen-bond acceptors (Lipinski definition) is 2. The topological polar surface area (TPSA) is 52.7 Å². The van der Waals surface area contributed by atoms with E-state index in [9.17, 15) is 22.8 Å². The average Bonchev–Trinajstić information content (AvgIpc) is 2.96. The predicted octanol–water partition coefficient (Wildman–Crippen LogP) is 2.76. The van der Waals surface area contributed by atoms with Crippen LogP contribution in [0.1, 0.15) is 46.0 Å². The molecule has 2 heterocycles. The number of carbonyl (C=O) groups is 2. The van der Waals surface area contributed by atoms with Crippen LogP contribution < -0.4 is 5.32 Å². The van der Waals surface area contributed by atoms with Crippen LogP contribution in [-0.2, 0) is 4.79 Å². The zero-order valence-corrected chi connectivity index (χ0v) is 14.2. The number of amides is 3. The highest BCUT2D eigenvalue weighted by atomic mass is 19.4. The molecule has 3 amide bonds. The van der Waals surface area contributed by atoms with Gasteiger partial charge in [-0.15, -0.1) is 0 Å². The zero-order chi connectivity index (χ0) is 17.9. The molecule has 2 aliphatic heterocycles. The third-order valence-corrected chi connectivity index (χ3v) is 5.15. The quantitative estimate of drug-likeness (QED) is 0.848. The van der Waals surface area contributed by atoms with E-state index in [2.05, 4.69) is 5.32 Å². The van der Waals surface area contributed by atoms with Crippen molar-refractivity contribution in [1.82, 2.24) is 15.1 Å². The molecule has 0 radical (unpaired) electrons. The number of urea groups is 1. The molecule has 0 aliphatic carbocycles. The molecular weight excluding hydrogens is 323 g/mol. The fraction of sp³-hybridized carbons (Fsp3) is 0.875. The Hall–Kier alpha value is -1.47. The van der Waals surface area contributed by atoms with E-state index in [1.54, 1.807) is 6.92 Å². The number of hydrogen-bond donors (Lipinski definition) is 1. The van der Waals surface area contributed by atoms with Gasteiger partial charge in [-0.25, -0.2) is 4.79 Å². The molecule has 0 aromatic rings. The van der Waals surface area contributed by atoms with Gasteiger partial charge in [0.05, 0.1) is 0 Å². The number of nitrogens with one attached hydrogen (secondary N) is 1. The standard InChI is InChI=1S/C16H26F3N3O2/c1-3-11(2)14(16(17,18)19)20-15(24)21-9-6-12(7-10-21)22-8-4-5-13(22)23/h11-12,14H,3-10H2,1-2H3,(H,20,24). The molecule has 1 N–H and O–H groups in total. The summed E-state index contributed by atoms with van der Waals surface area (Å²) in [5.41, 5.74) is 0. The van der Waals surface area contributed by atoms with Gasteiger partial charge in [-0.3, -0.25) is 4.79 Å². The average molecular weight is 349 g/mol. The molecule has 0 bridgehead atoms. The number of nitrogens with zero attached hydrogens (tertiary/aromatic N) is 2. The number of halogens is 3. The lowest BCUT2D eigenvalue weighted by Gasteiger charge is -2.37. The van der Waals surface area contributed by atoms with E-state index >= 15 is 0 Å². The minimum absolute atomic E-state index is 0.108. The molecule has 138 valence electrons. The molecule has 0 spiro atoms. The highest BCUT2D eigenvalue weighted by Gasteiger charge is 2.44. The van der Waals surface area contributed by atoms with Gasteiger partial charge in [0.25, 0.3) is 0 Å². The number of likely N-dealkylation sites (tertiary alicyclic amines) is 2. The third kappa shape index (κ3) is 4.33. The molecular formula is C16H26F3N3O2. The summed E-state index contributed by atoms with van der Waals surface area (Å²) in [6.07, 6.45) is -1.43. The minimum atomic E-state index is -4.45. The summed E-state index contributed by atoms with van der Waals surface area (Å²) < 4.78 is 39.4. The summed E-state index contributed by atoms with van der Waals surface area (Å²) >= 11 is 0. The summed E-state index contributed by atoms with van der Waals surface area (Å²) in [5, 5.41) is 2.15. The van der Waals surface area contributed by atoms with Crippen molar-refractivity contribution < 1.29 is 22.8 Å². The van der Waals surface area contributed by atoms with Crippen molar-refractivity contribution >= 4 is 11.9 Å². The molecule has 0 aromatic heterocycles. The predicted molar refractivity (Wildman–Crippen MR) is 83.4 cm³/mol. The number of piperidine rings is 1. The lowest BCUT2D eigenvalue weighted by atomic mass is 9.98. The normalized spacial score (nSPS) is 22.6. The Morgan fingerprint density at radius 1 is 1.29 bits per heavy atom. The van der Waals surface area contributed by atoms with Gasteiger partial charge in [-0.05, 0) is 25.2 Å². The Morgan fingerprint density at radius 3 is 2.38 bits per heavy atom. The maximum Gasteiger partial charge on any atom is 0.408 e. The van der Waals surface area contributed by atoms with Crippen LogP contribution in [0.2, 0.25) is 0 Å². The Kier molecular flexibility index (Phi) is 5.98. The van der Waals surface area contributed by atoms with Gasteiger partial charge in [0.1, 0.15) is 6.04 Å². The highest BCUT2D eigenvalue weighted by Crippen LogP contribution is 2.28. The molecule has 2 rings (SSSR count). The molecule has 2 saturated heterocycles. The maximum atomic E-state index is 13.1. The zero-order valence-electron chi connectivity index (χ0n) is 14.2. The van der Waals surface area contributed by atoms with Crippen LogP contribution in [0.5, 0.6) is 0 Å². The smallest absolute Gasteiger partial charge is 0.340 e.